The van der Waals surface area contributed by atoms with E-state index < -0.39 is 93.4 Å². The van der Waals surface area contributed by atoms with Gasteiger partial charge in [0, 0.05) is 46.0 Å². The largest absolute Gasteiger partial charge is 0.511 e. The fourth-order valence-electron chi connectivity index (χ4n) is 13.7. The lowest BCUT2D eigenvalue weighted by molar-refractivity contribution is -0.300. The van der Waals surface area contributed by atoms with Gasteiger partial charge in [-0.25, -0.2) is 9.59 Å². The van der Waals surface area contributed by atoms with E-state index in [0.29, 0.717) is 32.1 Å². The Labute approximate surface area is 294 Å². The molecule has 6 aliphatic heterocycles. The van der Waals surface area contributed by atoms with Crippen LogP contribution in [0.5, 0.6) is 0 Å². The van der Waals surface area contributed by atoms with Crippen LogP contribution in [-0.2, 0) is 38.1 Å². The molecule has 4 spiro atoms. The number of ketones is 2. The number of hydrogen-bond donors (Lipinski definition) is 3. The Morgan fingerprint density at radius 3 is 1.86 bits per heavy atom. The maximum atomic E-state index is 14.9. The van der Waals surface area contributed by atoms with Gasteiger partial charge in [0.05, 0.1) is 30.1 Å². The minimum Gasteiger partial charge on any atom is -0.511 e. The summed E-state index contributed by atoms with van der Waals surface area (Å²) in [6.45, 7) is 11.4. The Balaban J connectivity index is 1.14. The molecule has 10 fully saturated rings. The van der Waals surface area contributed by atoms with Crippen LogP contribution in [0.4, 0.5) is 0 Å². The first-order valence-electron chi connectivity index (χ1n) is 18.7. The number of carbonyl (C=O) groups is 4. The van der Waals surface area contributed by atoms with Crippen molar-refractivity contribution in [3.05, 3.63) is 22.7 Å². The quantitative estimate of drug-likeness (QED) is 0.356. The monoisotopic (exact) mass is 710 g/mol. The molecule has 6 heterocycles. The highest BCUT2D eigenvalue weighted by Gasteiger charge is 2.89. The second-order valence-corrected chi connectivity index (χ2v) is 19.3. The minimum atomic E-state index is -1.55. The summed E-state index contributed by atoms with van der Waals surface area (Å²) >= 11 is 1.54. The molecule has 19 atom stereocenters. The lowest BCUT2D eigenvalue weighted by Gasteiger charge is -2.60. The van der Waals surface area contributed by atoms with Gasteiger partial charge in [0.2, 0.25) is 0 Å². The Bertz CT molecular complexity index is 1750. The van der Waals surface area contributed by atoms with Crippen LogP contribution in [0.1, 0.15) is 73.6 Å². The summed E-state index contributed by atoms with van der Waals surface area (Å²) in [5.41, 5.74) is -5.33. The Morgan fingerprint density at radius 2 is 1.20 bits per heavy atom. The molecule has 6 saturated heterocycles. The summed E-state index contributed by atoms with van der Waals surface area (Å²) in [5.74, 6) is -6.06. The molecule has 11 nitrogen and oxygen atoms in total. The number of allylic oxidation sites excluding steroid dienone is 2. The standard InChI is InChI=1S/C38H46O11S/c1-12-7-14(3)26(41)22-33(44)48-35-10-17(6)30-31(19(35)9-18(24(12)39)37(22,35)47-30)50-32-20-28(43)29-16(5)11-36(20)38(46-29)21(32)25(40)13(2)8-15(4)27(42)23(38)34(45)49-36/h12-21,28-32,41-43H,7-11H2,1-6H3/b26-22?,27-23+/t12-,13-,14+,15+,16+,17+,18+,19?,20?,21-,28-,29-,30-,31-,32+,35+,36+,37-,38-/m0/s1. The highest BCUT2D eigenvalue weighted by Crippen LogP contribution is 2.76. The van der Waals surface area contributed by atoms with Crippen LogP contribution in [0, 0.1) is 59.2 Å². The molecular formula is C38H46O11S. The number of fused-ring (bicyclic) bond motifs is 2. The summed E-state index contributed by atoms with van der Waals surface area (Å²) < 4.78 is 26.8. The van der Waals surface area contributed by atoms with Crippen LogP contribution in [0.2, 0.25) is 0 Å². The summed E-state index contributed by atoms with van der Waals surface area (Å²) in [4.78, 5) is 56.9. The van der Waals surface area contributed by atoms with Gasteiger partial charge >= 0.3 is 11.9 Å². The van der Waals surface area contributed by atoms with Gasteiger partial charge in [0.15, 0.2) is 22.4 Å². The van der Waals surface area contributed by atoms with Crippen LogP contribution in [0.3, 0.4) is 0 Å². The number of carbonyl (C=O) groups excluding carboxylic acids is 4. The summed E-state index contributed by atoms with van der Waals surface area (Å²) in [7, 11) is 0. The van der Waals surface area contributed by atoms with Gasteiger partial charge in [-0.1, -0.05) is 41.5 Å². The van der Waals surface area contributed by atoms with Crippen LogP contribution < -0.4 is 0 Å². The molecule has 8 bridgehead atoms. The van der Waals surface area contributed by atoms with Crippen molar-refractivity contribution < 1.29 is 53.4 Å². The molecule has 0 aromatic rings. The van der Waals surface area contributed by atoms with Crippen molar-refractivity contribution in [1.82, 2.24) is 0 Å². The molecular weight excluding hydrogens is 664 g/mol. The van der Waals surface area contributed by atoms with Crippen molar-refractivity contribution in [2.75, 3.05) is 0 Å². The van der Waals surface area contributed by atoms with Gasteiger partial charge in [-0.15, -0.1) is 0 Å². The molecule has 0 amide bonds. The average molecular weight is 711 g/mol. The molecule has 12 aliphatic rings. The maximum Gasteiger partial charge on any atom is 0.341 e. The van der Waals surface area contributed by atoms with Crippen molar-refractivity contribution >= 4 is 35.3 Å². The number of Topliss-reactive ketones (excluding diaryl/α,β-unsaturated/α-hetero) is 2. The zero-order valence-electron chi connectivity index (χ0n) is 29.2. The van der Waals surface area contributed by atoms with Gasteiger partial charge in [-0.05, 0) is 43.9 Å². The van der Waals surface area contributed by atoms with Crippen molar-refractivity contribution in [3.8, 4) is 0 Å². The van der Waals surface area contributed by atoms with E-state index in [1.807, 2.05) is 34.6 Å². The fourth-order valence-corrected chi connectivity index (χ4v) is 16.1. The number of ether oxygens (including phenoxy) is 4. The van der Waals surface area contributed by atoms with Crippen molar-refractivity contribution in [2.24, 2.45) is 59.2 Å². The van der Waals surface area contributed by atoms with E-state index >= 15 is 0 Å². The van der Waals surface area contributed by atoms with Crippen LogP contribution >= 0.6 is 11.8 Å². The number of rotatable bonds is 2. The summed E-state index contributed by atoms with van der Waals surface area (Å²) in [6.07, 6.45) is -0.118. The van der Waals surface area contributed by atoms with Gasteiger partial charge in [0.25, 0.3) is 0 Å². The van der Waals surface area contributed by atoms with E-state index in [9.17, 15) is 34.5 Å². The zero-order chi connectivity index (χ0) is 35.4. The van der Waals surface area contributed by atoms with Gasteiger partial charge in [-0.3, -0.25) is 9.59 Å². The average Bonchev–Trinajstić information content (AvgIpc) is 3.57. The Kier molecular flexibility index (Phi) is 6.17. The van der Waals surface area contributed by atoms with Crippen LogP contribution in [0.15, 0.2) is 22.7 Å². The number of thioether (sulfide) groups is 1. The van der Waals surface area contributed by atoms with E-state index in [2.05, 4.69) is 6.92 Å². The molecule has 4 saturated carbocycles. The second kappa shape index (κ2) is 9.57. The van der Waals surface area contributed by atoms with E-state index in [1.165, 1.54) is 0 Å². The molecule has 0 radical (unpaired) electrons. The SMILES string of the molecule is C[C@@H]1C[C@H](C)C(=O)[C@H]2CC3[C@H](S[C@@H]4C5[C@H](O)[C@H]6O[C@]78/C(=C(/O)[C@H](C)C[C@H](C)C(=O)[C@@H]47)C(=O)O[C@]58C[C@H]6C)[C@H]4O[C@]25C(=C1O)C(=O)O[C@]35C[C@H]4C. The Morgan fingerprint density at radius 1 is 0.660 bits per heavy atom. The summed E-state index contributed by atoms with van der Waals surface area (Å²) in [6, 6.07) is 0. The van der Waals surface area contributed by atoms with Gasteiger partial charge < -0.3 is 34.3 Å². The smallest absolute Gasteiger partial charge is 0.341 e. The molecule has 2 unspecified atom stereocenters. The molecule has 6 aliphatic carbocycles. The highest BCUT2D eigenvalue weighted by molar-refractivity contribution is 8.00. The highest BCUT2D eigenvalue weighted by atomic mass is 32.2. The van der Waals surface area contributed by atoms with E-state index in [1.54, 1.807) is 11.8 Å². The zero-order valence-corrected chi connectivity index (χ0v) is 30.0. The van der Waals surface area contributed by atoms with Crippen LogP contribution in [0.25, 0.3) is 0 Å². The molecule has 270 valence electrons. The minimum absolute atomic E-state index is 0.0143. The first-order chi connectivity index (χ1) is 23.6. The second-order valence-electron chi connectivity index (χ2n) is 17.9. The third-order valence-electron chi connectivity index (χ3n) is 15.4. The number of esters is 2. The van der Waals surface area contributed by atoms with Crippen molar-refractivity contribution in [2.45, 2.75) is 125 Å². The Hall–Kier alpha value is -2.41. The number of aliphatic hydroxyl groups excluding tert-OH is 3. The molecule has 0 aromatic heterocycles. The topological polar surface area (TPSA) is 166 Å². The van der Waals surface area contributed by atoms with E-state index in [-0.39, 0.29) is 63.2 Å². The van der Waals surface area contributed by atoms with E-state index in [4.69, 9.17) is 18.9 Å². The number of hydrogen-bond acceptors (Lipinski definition) is 12. The fraction of sp³-hybridized carbons (Fsp3) is 0.789. The summed E-state index contributed by atoms with van der Waals surface area (Å²) in [5, 5.41) is 34.5. The lowest BCUT2D eigenvalue weighted by atomic mass is 9.59. The lowest BCUT2D eigenvalue weighted by Crippen LogP contribution is -2.72. The first-order valence-corrected chi connectivity index (χ1v) is 19.6. The molecule has 0 aromatic carbocycles. The first kappa shape index (κ1) is 32.3. The molecule has 3 N–H and O–H groups in total. The normalized spacial score (nSPS) is 59.9. The predicted octanol–water partition coefficient (Wildman–Crippen LogP) is 3.76. The number of aliphatic hydroxyl groups is 3. The molecule has 12 rings (SSSR count). The van der Waals surface area contributed by atoms with Gasteiger partial charge in [0.1, 0.15) is 34.2 Å². The molecule has 12 heteroatoms. The maximum absolute atomic E-state index is 14.9. The predicted molar refractivity (Wildman–Crippen MR) is 175 cm³/mol. The van der Waals surface area contributed by atoms with E-state index in [0.717, 1.165) is 0 Å². The molecule has 50 heavy (non-hydrogen) atoms. The van der Waals surface area contributed by atoms with Crippen molar-refractivity contribution in [1.29, 1.82) is 0 Å². The third-order valence-corrected chi connectivity index (χ3v) is 17.2. The van der Waals surface area contributed by atoms with Crippen LogP contribution in [-0.4, -0.2) is 90.0 Å². The third kappa shape index (κ3) is 3.15. The van der Waals surface area contributed by atoms with Crippen molar-refractivity contribution in [3.63, 3.8) is 0 Å². The van der Waals surface area contributed by atoms with Gasteiger partial charge in [-0.2, -0.15) is 11.8 Å².